The van der Waals surface area contributed by atoms with Gasteiger partial charge in [-0.2, -0.15) is 0 Å². The maximum Gasteiger partial charge on any atom is 0.256 e. The number of aromatic amines is 1. The zero-order valence-electron chi connectivity index (χ0n) is 11.8. The highest BCUT2D eigenvalue weighted by molar-refractivity contribution is 5.86. The van der Waals surface area contributed by atoms with Gasteiger partial charge in [-0.25, -0.2) is 0 Å². The fourth-order valence-corrected chi connectivity index (χ4v) is 2.38. The highest BCUT2D eigenvalue weighted by Gasteiger charge is 2.10. The Morgan fingerprint density at radius 1 is 0.952 bits per heavy atom. The molecular formula is C17H15NO3. The van der Waals surface area contributed by atoms with Crippen LogP contribution in [0.5, 0.6) is 11.5 Å². The number of nitrogens with one attached hydrogen (secondary N) is 1. The van der Waals surface area contributed by atoms with Crippen molar-refractivity contribution in [3.8, 4) is 22.8 Å². The second-order valence-corrected chi connectivity index (χ2v) is 4.67. The zero-order valence-corrected chi connectivity index (χ0v) is 11.8. The number of methoxy groups -OCH3 is 2. The summed E-state index contributed by atoms with van der Waals surface area (Å²) in [6.07, 6.45) is 0. The van der Waals surface area contributed by atoms with Gasteiger partial charge in [-0.05, 0) is 35.7 Å². The van der Waals surface area contributed by atoms with Crippen LogP contribution in [0, 0.1) is 0 Å². The van der Waals surface area contributed by atoms with Gasteiger partial charge in [0.2, 0.25) is 0 Å². The number of pyridine rings is 1. The second-order valence-electron chi connectivity index (χ2n) is 4.67. The molecule has 0 radical (unpaired) electrons. The van der Waals surface area contributed by atoms with Crippen molar-refractivity contribution < 1.29 is 9.47 Å². The van der Waals surface area contributed by atoms with Crippen molar-refractivity contribution in [2.24, 2.45) is 0 Å². The molecule has 21 heavy (non-hydrogen) atoms. The highest BCUT2D eigenvalue weighted by Crippen LogP contribution is 2.32. The molecule has 0 aliphatic heterocycles. The molecule has 3 rings (SSSR count). The predicted octanol–water partition coefficient (Wildman–Crippen LogP) is 3.21. The lowest BCUT2D eigenvalue weighted by molar-refractivity contribution is 0.404. The minimum atomic E-state index is -0.118. The summed E-state index contributed by atoms with van der Waals surface area (Å²) in [6, 6.07) is 14.9. The summed E-state index contributed by atoms with van der Waals surface area (Å²) in [6.45, 7) is 0. The number of fused-ring (bicyclic) bond motifs is 1. The van der Waals surface area contributed by atoms with Crippen LogP contribution in [0.4, 0.5) is 0 Å². The number of rotatable bonds is 3. The lowest BCUT2D eigenvalue weighted by Crippen LogP contribution is -2.07. The van der Waals surface area contributed by atoms with Gasteiger partial charge >= 0.3 is 0 Å². The van der Waals surface area contributed by atoms with Crippen molar-refractivity contribution in [1.29, 1.82) is 0 Å². The molecular weight excluding hydrogens is 266 g/mol. The molecule has 1 aromatic heterocycles. The third-order valence-corrected chi connectivity index (χ3v) is 3.45. The Bertz CT molecular complexity index is 852. The topological polar surface area (TPSA) is 51.3 Å². The number of H-pyrrole nitrogens is 1. The minimum Gasteiger partial charge on any atom is -0.497 e. The van der Waals surface area contributed by atoms with Gasteiger partial charge in [0.1, 0.15) is 11.5 Å². The van der Waals surface area contributed by atoms with E-state index in [4.69, 9.17) is 9.47 Å². The number of aromatic nitrogens is 1. The molecule has 0 unspecified atom stereocenters. The highest BCUT2D eigenvalue weighted by atomic mass is 16.5. The van der Waals surface area contributed by atoms with E-state index in [0.29, 0.717) is 22.6 Å². The standard InChI is InChI=1S/C17H15NO3/c1-20-12-7-8-16(21-2)14(10-12)15-9-11-5-3-4-6-13(11)17(19)18-15/h3-10H,1-2H3,(H,18,19). The first kappa shape index (κ1) is 13.2. The predicted molar refractivity (Wildman–Crippen MR) is 83.1 cm³/mol. The van der Waals surface area contributed by atoms with Gasteiger partial charge in [-0.1, -0.05) is 18.2 Å². The quantitative estimate of drug-likeness (QED) is 0.802. The van der Waals surface area contributed by atoms with E-state index in [1.165, 1.54) is 0 Å². The van der Waals surface area contributed by atoms with Crippen molar-refractivity contribution in [2.45, 2.75) is 0 Å². The van der Waals surface area contributed by atoms with E-state index in [0.717, 1.165) is 10.9 Å². The molecule has 1 heterocycles. The lowest BCUT2D eigenvalue weighted by Gasteiger charge is -2.11. The Morgan fingerprint density at radius 2 is 1.76 bits per heavy atom. The van der Waals surface area contributed by atoms with E-state index in [1.54, 1.807) is 20.3 Å². The minimum absolute atomic E-state index is 0.118. The van der Waals surface area contributed by atoms with E-state index in [-0.39, 0.29) is 5.56 Å². The van der Waals surface area contributed by atoms with E-state index < -0.39 is 0 Å². The van der Waals surface area contributed by atoms with Crippen LogP contribution in [0.3, 0.4) is 0 Å². The van der Waals surface area contributed by atoms with Crippen molar-refractivity contribution >= 4 is 10.8 Å². The van der Waals surface area contributed by atoms with E-state index in [9.17, 15) is 4.79 Å². The first-order valence-corrected chi connectivity index (χ1v) is 6.57. The zero-order chi connectivity index (χ0) is 14.8. The fraction of sp³-hybridized carbons (Fsp3) is 0.118. The Morgan fingerprint density at radius 3 is 2.52 bits per heavy atom. The van der Waals surface area contributed by atoms with Gasteiger partial charge in [0.15, 0.2) is 0 Å². The normalized spacial score (nSPS) is 10.6. The van der Waals surface area contributed by atoms with Crippen LogP contribution in [-0.4, -0.2) is 19.2 Å². The summed E-state index contributed by atoms with van der Waals surface area (Å²) in [5, 5.41) is 1.56. The molecule has 0 aliphatic rings. The Balaban J connectivity index is 2.27. The van der Waals surface area contributed by atoms with Gasteiger partial charge in [0, 0.05) is 10.9 Å². The SMILES string of the molecule is COc1ccc(OC)c(-c2cc3ccccc3c(=O)[nH]2)c1. The lowest BCUT2D eigenvalue weighted by atomic mass is 10.1. The molecule has 0 saturated carbocycles. The third kappa shape index (κ3) is 2.36. The van der Waals surface area contributed by atoms with Crippen LogP contribution >= 0.6 is 0 Å². The Kier molecular flexibility index (Phi) is 3.36. The van der Waals surface area contributed by atoms with Crippen molar-refractivity contribution in [2.75, 3.05) is 14.2 Å². The van der Waals surface area contributed by atoms with Crippen molar-refractivity contribution in [1.82, 2.24) is 4.98 Å². The van der Waals surface area contributed by atoms with Crippen molar-refractivity contribution in [3.63, 3.8) is 0 Å². The first-order valence-electron chi connectivity index (χ1n) is 6.57. The van der Waals surface area contributed by atoms with Crippen LogP contribution in [0.1, 0.15) is 0 Å². The van der Waals surface area contributed by atoms with Crippen LogP contribution in [-0.2, 0) is 0 Å². The molecule has 0 bridgehead atoms. The molecule has 106 valence electrons. The molecule has 0 aliphatic carbocycles. The number of hydrogen-bond acceptors (Lipinski definition) is 3. The molecule has 0 saturated heterocycles. The van der Waals surface area contributed by atoms with Gasteiger partial charge < -0.3 is 14.5 Å². The second kappa shape index (κ2) is 5.32. The maximum atomic E-state index is 12.2. The molecule has 0 atom stereocenters. The molecule has 0 spiro atoms. The third-order valence-electron chi connectivity index (χ3n) is 3.45. The van der Waals surface area contributed by atoms with Crippen molar-refractivity contribution in [3.05, 3.63) is 58.9 Å². The van der Waals surface area contributed by atoms with E-state index in [2.05, 4.69) is 4.98 Å². The monoisotopic (exact) mass is 281 g/mol. The van der Waals surface area contributed by atoms with Gasteiger partial charge in [-0.3, -0.25) is 4.79 Å². The molecule has 1 N–H and O–H groups in total. The maximum absolute atomic E-state index is 12.2. The Hall–Kier alpha value is -2.75. The smallest absolute Gasteiger partial charge is 0.256 e. The first-order chi connectivity index (χ1) is 10.2. The van der Waals surface area contributed by atoms with Gasteiger partial charge in [0.25, 0.3) is 5.56 Å². The molecule has 0 amide bonds. The van der Waals surface area contributed by atoms with E-state index >= 15 is 0 Å². The average Bonchev–Trinajstić information content (AvgIpc) is 2.54. The van der Waals surface area contributed by atoms with Gasteiger partial charge in [0.05, 0.1) is 19.9 Å². The molecule has 2 aromatic carbocycles. The number of benzene rings is 2. The summed E-state index contributed by atoms with van der Waals surface area (Å²) in [7, 11) is 3.21. The summed E-state index contributed by atoms with van der Waals surface area (Å²) in [5.74, 6) is 1.39. The van der Waals surface area contributed by atoms with Crippen LogP contribution in [0.2, 0.25) is 0 Å². The number of ether oxygens (including phenoxy) is 2. The average molecular weight is 281 g/mol. The summed E-state index contributed by atoms with van der Waals surface area (Å²) < 4.78 is 10.6. The van der Waals surface area contributed by atoms with Crippen LogP contribution in [0.15, 0.2) is 53.3 Å². The largest absolute Gasteiger partial charge is 0.497 e. The van der Waals surface area contributed by atoms with Gasteiger partial charge in [-0.15, -0.1) is 0 Å². The molecule has 4 nitrogen and oxygen atoms in total. The molecule has 4 heteroatoms. The Labute approximate surface area is 122 Å². The summed E-state index contributed by atoms with van der Waals surface area (Å²) in [5.41, 5.74) is 1.38. The summed E-state index contributed by atoms with van der Waals surface area (Å²) >= 11 is 0. The van der Waals surface area contributed by atoms with E-state index in [1.807, 2.05) is 42.5 Å². The fourth-order valence-electron chi connectivity index (χ4n) is 2.38. The molecule has 0 fully saturated rings. The molecule has 3 aromatic rings. The van der Waals surface area contributed by atoms with Crippen LogP contribution < -0.4 is 15.0 Å². The number of hydrogen-bond donors (Lipinski definition) is 1. The summed E-state index contributed by atoms with van der Waals surface area (Å²) in [4.78, 5) is 15.1. The van der Waals surface area contributed by atoms with Crippen LogP contribution in [0.25, 0.3) is 22.0 Å².